The van der Waals surface area contributed by atoms with Crippen molar-refractivity contribution in [3.63, 3.8) is 0 Å². The van der Waals surface area contributed by atoms with E-state index in [1.807, 2.05) is 49.4 Å². The van der Waals surface area contributed by atoms with Crippen LogP contribution in [0.15, 0.2) is 76.6 Å². The van der Waals surface area contributed by atoms with Gasteiger partial charge in [0.05, 0.1) is 22.1 Å². The highest BCUT2D eigenvalue weighted by molar-refractivity contribution is 6.32. The molecule has 194 valence electrons. The lowest BCUT2D eigenvalue weighted by molar-refractivity contribution is -0.118. The van der Waals surface area contributed by atoms with Crippen LogP contribution in [-0.4, -0.2) is 28.4 Å². The summed E-state index contributed by atoms with van der Waals surface area (Å²) in [5.74, 6) is 1.01. The summed E-state index contributed by atoms with van der Waals surface area (Å²) in [6.45, 7) is 1.75. The van der Waals surface area contributed by atoms with Crippen molar-refractivity contribution < 1.29 is 9.53 Å². The lowest BCUT2D eigenvalue weighted by atomic mass is 9.88. The van der Waals surface area contributed by atoms with E-state index in [1.54, 1.807) is 30.5 Å². The van der Waals surface area contributed by atoms with Gasteiger partial charge < -0.3 is 10.1 Å². The number of benzene rings is 3. The van der Waals surface area contributed by atoms with Gasteiger partial charge in [-0.2, -0.15) is 9.78 Å². The normalized spacial score (nSPS) is 14.2. The zero-order valence-corrected chi connectivity index (χ0v) is 21.9. The maximum absolute atomic E-state index is 13.4. The highest BCUT2D eigenvalue weighted by Gasteiger charge is 2.22. The van der Waals surface area contributed by atoms with Crippen LogP contribution < -0.4 is 15.6 Å². The van der Waals surface area contributed by atoms with Crippen molar-refractivity contribution in [2.45, 2.75) is 44.9 Å². The van der Waals surface area contributed by atoms with E-state index < -0.39 is 0 Å². The number of fused-ring (bicyclic) bond motifs is 1. The van der Waals surface area contributed by atoms with E-state index in [4.69, 9.17) is 21.3 Å². The number of nitrogens with one attached hydrogen (secondary N) is 1. The molecule has 3 aromatic carbocycles. The van der Waals surface area contributed by atoms with Crippen LogP contribution in [0.5, 0.6) is 5.75 Å². The van der Waals surface area contributed by atoms with Crippen molar-refractivity contribution in [1.29, 1.82) is 0 Å². The number of halogens is 1. The number of hydrogen-bond acceptors (Lipinski definition) is 5. The molecule has 4 aromatic rings. The lowest BCUT2D eigenvalue weighted by Crippen LogP contribution is -2.25. The Labute approximate surface area is 226 Å². The standard InChI is InChI=1S/C30H29ClN4O3/c1-20-9-5-7-13-25(20)33-28(36)19-38-27-16-15-21(17-24(27)31)18-32-35-29(22-10-3-2-4-11-22)34-26-14-8-6-12-23(26)30(35)37/h5-9,12-18,22H,2-4,10-11,19H2,1H3,(H,33,36). The fourth-order valence-electron chi connectivity index (χ4n) is 4.76. The Morgan fingerprint density at radius 2 is 1.87 bits per heavy atom. The summed E-state index contributed by atoms with van der Waals surface area (Å²) < 4.78 is 7.08. The van der Waals surface area contributed by atoms with Crippen LogP contribution in [-0.2, 0) is 4.79 Å². The molecular weight excluding hydrogens is 500 g/mol. The van der Waals surface area contributed by atoms with Gasteiger partial charge in [0.25, 0.3) is 11.5 Å². The van der Waals surface area contributed by atoms with Gasteiger partial charge in [0.2, 0.25) is 0 Å². The molecule has 1 N–H and O–H groups in total. The SMILES string of the molecule is Cc1ccccc1NC(=O)COc1ccc(C=Nn2c(C3CCCCC3)nc3ccccc3c2=O)cc1Cl. The first-order valence-corrected chi connectivity index (χ1v) is 13.2. The van der Waals surface area contributed by atoms with Crippen molar-refractivity contribution in [2.24, 2.45) is 5.10 Å². The zero-order chi connectivity index (χ0) is 26.5. The van der Waals surface area contributed by atoms with E-state index in [2.05, 4.69) is 10.4 Å². The Bertz CT molecular complexity index is 1560. The van der Waals surface area contributed by atoms with E-state index in [-0.39, 0.29) is 24.0 Å². The Kier molecular flexibility index (Phi) is 7.84. The van der Waals surface area contributed by atoms with Gasteiger partial charge in [-0.05, 0) is 67.3 Å². The van der Waals surface area contributed by atoms with Gasteiger partial charge in [0.15, 0.2) is 6.61 Å². The van der Waals surface area contributed by atoms with Crippen molar-refractivity contribution in [1.82, 2.24) is 9.66 Å². The fourth-order valence-corrected chi connectivity index (χ4v) is 5.00. The molecule has 0 bridgehead atoms. The second-order valence-corrected chi connectivity index (χ2v) is 9.93. The number of anilines is 1. The largest absolute Gasteiger partial charge is 0.482 e. The molecule has 38 heavy (non-hydrogen) atoms. The quantitative estimate of drug-likeness (QED) is 0.285. The summed E-state index contributed by atoms with van der Waals surface area (Å²) in [6, 6.07) is 20.1. The molecule has 0 atom stereocenters. The fraction of sp³-hybridized carbons (Fsp3) is 0.267. The van der Waals surface area contributed by atoms with E-state index in [1.165, 1.54) is 11.1 Å². The molecule has 5 rings (SSSR count). The number of rotatable bonds is 7. The van der Waals surface area contributed by atoms with Gasteiger partial charge in [-0.25, -0.2) is 4.98 Å². The lowest BCUT2D eigenvalue weighted by Gasteiger charge is -2.22. The Balaban J connectivity index is 1.34. The minimum Gasteiger partial charge on any atom is -0.482 e. The molecule has 8 heteroatoms. The minimum atomic E-state index is -0.278. The summed E-state index contributed by atoms with van der Waals surface area (Å²) in [7, 11) is 0. The topological polar surface area (TPSA) is 85.6 Å². The van der Waals surface area contributed by atoms with Gasteiger partial charge >= 0.3 is 0 Å². The second-order valence-electron chi connectivity index (χ2n) is 9.53. The number of aryl methyl sites for hydroxylation is 1. The van der Waals surface area contributed by atoms with Crippen LogP contribution in [0.25, 0.3) is 10.9 Å². The molecule has 0 spiro atoms. The Morgan fingerprint density at radius 3 is 2.66 bits per heavy atom. The third-order valence-corrected chi connectivity index (χ3v) is 7.10. The molecule has 1 fully saturated rings. The molecule has 1 aliphatic carbocycles. The minimum absolute atomic E-state index is 0.176. The van der Waals surface area contributed by atoms with Gasteiger partial charge in [-0.15, -0.1) is 0 Å². The third-order valence-electron chi connectivity index (χ3n) is 6.81. The molecule has 7 nitrogen and oxygen atoms in total. The van der Waals surface area contributed by atoms with Gasteiger partial charge in [0, 0.05) is 11.6 Å². The van der Waals surface area contributed by atoms with Crippen LogP contribution >= 0.6 is 11.6 Å². The zero-order valence-electron chi connectivity index (χ0n) is 21.2. The molecule has 1 aromatic heterocycles. The predicted molar refractivity (Wildman–Crippen MR) is 152 cm³/mol. The molecule has 1 heterocycles. The highest BCUT2D eigenvalue weighted by Crippen LogP contribution is 2.32. The van der Waals surface area contributed by atoms with Crippen LogP contribution in [0.1, 0.15) is 55.0 Å². The van der Waals surface area contributed by atoms with E-state index in [0.29, 0.717) is 33.1 Å². The highest BCUT2D eigenvalue weighted by atomic mass is 35.5. The molecule has 0 saturated heterocycles. The van der Waals surface area contributed by atoms with Crippen LogP contribution in [0.2, 0.25) is 5.02 Å². The van der Waals surface area contributed by atoms with Crippen LogP contribution in [0.4, 0.5) is 5.69 Å². The molecule has 0 radical (unpaired) electrons. The number of hydrogen-bond donors (Lipinski definition) is 1. The van der Waals surface area contributed by atoms with Crippen molar-refractivity contribution in [3.8, 4) is 5.75 Å². The molecule has 1 amide bonds. The second kappa shape index (κ2) is 11.6. The Morgan fingerprint density at radius 1 is 1.11 bits per heavy atom. The van der Waals surface area contributed by atoms with Gasteiger partial charge in [0.1, 0.15) is 11.6 Å². The Hall–Kier alpha value is -3.97. The maximum atomic E-state index is 13.4. The summed E-state index contributed by atoms with van der Waals surface area (Å²) in [4.78, 5) is 30.5. The van der Waals surface area contributed by atoms with Gasteiger partial charge in [-0.3, -0.25) is 9.59 Å². The van der Waals surface area contributed by atoms with E-state index >= 15 is 0 Å². The number of carbonyl (C=O) groups excluding carboxylic acids is 1. The molecular formula is C30H29ClN4O3. The number of carbonyl (C=O) groups is 1. The van der Waals surface area contributed by atoms with Crippen molar-refractivity contribution >= 4 is 40.3 Å². The van der Waals surface area contributed by atoms with E-state index in [9.17, 15) is 9.59 Å². The number of aromatic nitrogens is 2. The number of nitrogens with zero attached hydrogens (tertiary/aromatic N) is 3. The third kappa shape index (κ3) is 5.78. The summed E-state index contributed by atoms with van der Waals surface area (Å²) in [5.41, 5.74) is 2.92. The average molecular weight is 529 g/mol. The van der Waals surface area contributed by atoms with Crippen LogP contribution in [0, 0.1) is 6.92 Å². The van der Waals surface area contributed by atoms with Gasteiger partial charge in [-0.1, -0.05) is 61.2 Å². The van der Waals surface area contributed by atoms with Crippen molar-refractivity contribution in [2.75, 3.05) is 11.9 Å². The summed E-state index contributed by atoms with van der Waals surface area (Å²) in [6.07, 6.45) is 7.04. The summed E-state index contributed by atoms with van der Waals surface area (Å²) in [5, 5.41) is 8.27. The molecule has 0 aliphatic heterocycles. The number of para-hydroxylation sites is 2. The number of ether oxygens (including phenoxy) is 1. The first kappa shape index (κ1) is 25.7. The summed E-state index contributed by atoms with van der Waals surface area (Å²) >= 11 is 6.44. The first-order chi connectivity index (χ1) is 18.5. The predicted octanol–water partition coefficient (Wildman–Crippen LogP) is 6.31. The first-order valence-electron chi connectivity index (χ1n) is 12.8. The number of amides is 1. The molecule has 0 unspecified atom stereocenters. The van der Waals surface area contributed by atoms with Crippen LogP contribution in [0.3, 0.4) is 0 Å². The monoisotopic (exact) mass is 528 g/mol. The average Bonchev–Trinajstić information content (AvgIpc) is 2.94. The van der Waals surface area contributed by atoms with Crippen molar-refractivity contribution in [3.05, 3.63) is 99.1 Å². The van der Waals surface area contributed by atoms with E-state index in [0.717, 1.165) is 36.9 Å². The maximum Gasteiger partial charge on any atom is 0.282 e. The molecule has 1 saturated carbocycles. The molecule has 1 aliphatic rings. The smallest absolute Gasteiger partial charge is 0.282 e.